The third kappa shape index (κ3) is 4.32. The zero-order valence-electron chi connectivity index (χ0n) is 12.8. The highest BCUT2D eigenvalue weighted by atomic mass is 79.9. The molecule has 0 radical (unpaired) electrons. The molecule has 120 valence electrons. The van der Waals surface area contributed by atoms with Gasteiger partial charge in [-0.25, -0.2) is 0 Å². The van der Waals surface area contributed by atoms with Crippen molar-refractivity contribution >= 4 is 27.8 Å². The van der Waals surface area contributed by atoms with Crippen molar-refractivity contribution in [3.8, 4) is 0 Å². The highest BCUT2D eigenvalue weighted by molar-refractivity contribution is 9.10. The van der Waals surface area contributed by atoms with Crippen LogP contribution in [0.5, 0.6) is 0 Å². The maximum atomic E-state index is 12.4. The Labute approximate surface area is 139 Å². The van der Waals surface area contributed by atoms with E-state index in [4.69, 9.17) is 5.11 Å². The van der Waals surface area contributed by atoms with E-state index in [0.29, 0.717) is 19.3 Å². The van der Waals surface area contributed by atoms with E-state index in [1.807, 2.05) is 11.0 Å². The lowest BCUT2D eigenvalue weighted by Crippen LogP contribution is -2.30. The van der Waals surface area contributed by atoms with Gasteiger partial charge in [-0.15, -0.1) is 0 Å². The van der Waals surface area contributed by atoms with Crippen molar-refractivity contribution in [1.29, 1.82) is 0 Å². The molecule has 1 aliphatic heterocycles. The SMILES string of the molecule is Cc1cc(C2CCCN2C(=O)CCCCC(=O)O)ccc1Br. The number of hydrogen-bond acceptors (Lipinski definition) is 2. The second kappa shape index (κ2) is 7.77. The van der Waals surface area contributed by atoms with Crippen LogP contribution in [0.1, 0.15) is 55.7 Å². The van der Waals surface area contributed by atoms with Gasteiger partial charge in [-0.1, -0.05) is 28.1 Å². The summed E-state index contributed by atoms with van der Waals surface area (Å²) in [6, 6.07) is 6.43. The molecule has 22 heavy (non-hydrogen) atoms. The predicted octanol–water partition coefficient (Wildman–Crippen LogP) is 4.07. The summed E-state index contributed by atoms with van der Waals surface area (Å²) in [7, 11) is 0. The molecule has 5 heteroatoms. The van der Waals surface area contributed by atoms with Crippen LogP contribution in [0.4, 0.5) is 0 Å². The summed E-state index contributed by atoms with van der Waals surface area (Å²) < 4.78 is 1.08. The average molecular weight is 368 g/mol. The molecule has 0 saturated carbocycles. The van der Waals surface area contributed by atoms with Crippen LogP contribution < -0.4 is 0 Å². The van der Waals surface area contributed by atoms with Crippen molar-refractivity contribution in [2.75, 3.05) is 6.54 Å². The number of nitrogens with zero attached hydrogens (tertiary/aromatic N) is 1. The molecule has 1 aromatic rings. The van der Waals surface area contributed by atoms with Gasteiger partial charge >= 0.3 is 5.97 Å². The van der Waals surface area contributed by atoms with Crippen LogP contribution in [-0.4, -0.2) is 28.4 Å². The van der Waals surface area contributed by atoms with E-state index < -0.39 is 5.97 Å². The molecule has 4 nitrogen and oxygen atoms in total. The standard InChI is InChI=1S/C17H22BrNO3/c1-12-11-13(8-9-14(12)18)15-5-4-10-19(15)16(20)6-2-3-7-17(21)22/h8-9,11,15H,2-7,10H2,1H3,(H,21,22). The molecule has 1 amide bonds. The van der Waals surface area contributed by atoms with Crippen molar-refractivity contribution in [2.24, 2.45) is 0 Å². The Kier molecular flexibility index (Phi) is 6.00. The average Bonchev–Trinajstić information content (AvgIpc) is 2.95. The number of halogens is 1. The smallest absolute Gasteiger partial charge is 0.303 e. The van der Waals surface area contributed by atoms with Crippen molar-refractivity contribution < 1.29 is 14.7 Å². The molecule has 1 fully saturated rings. The first kappa shape index (κ1) is 17.0. The molecule has 0 aliphatic carbocycles. The predicted molar refractivity (Wildman–Crippen MR) is 88.7 cm³/mol. The molecule has 1 heterocycles. The summed E-state index contributed by atoms with van der Waals surface area (Å²) in [5, 5.41) is 8.63. The highest BCUT2D eigenvalue weighted by Crippen LogP contribution is 2.34. The second-order valence-corrected chi connectivity index (χ2v) is 6.71. The first-order chi connectivity index (χ1) is 10.5. The number of carboxylic acid groups (broad SMARTS) is 1. The number of hydrogen-bond donors (Lipinski definition) is 1. The fourth-order valence-electron chi connectivity index (χ4n) is 2.98. The summed E-state index contributed by atoms with van der Waals surface area (Å²) in [6.45, 7) is 2.86. The minimum atomic E-state index is -0.795. The number of carbonyl (C=O) groups is 2. The Morgan fingerprint density at radius 1 is 1.32 bits per heavy atom. The topological polar surface area (TPSA) is 57.6 Å². The summed E-state index contributed by atoms with van der Waals surface area (Å²) >= 11 is 3.51. The molecule has 0 aromatic heterocycles. The summed E-state index contributed by atoms with van der Waals surface area (Å²) in [5.41, 5.74) is 2.37. The number of unbranched alkanes of at least 4 members (excludes halogenated alkanes) is 1. The van der Waals surface area contributed by atoms with Crippen LogP contribution in [0.3, 0.4) is 0 Å². The summed E-state index contributed by atoms with van der Waals surface area (Å²) in [4.78, 5) is 24.9. The van der Waals surface area contributed by atoms with E-state index >= 15 is 0 Å². The van der Waals surface area contributed by atoms with Crippen molar-refractivity contribution in [3.05, 3.63) is 33.8 Å². The molecule has 1 N–H and O–H groups in total. The van der Waals surface area contributed by atoms with Gasteiger partial charge in [0, 0.05) is 23.9 Å². The normalized spacial score (nSPS) is 17.7. The zero-order chi connectivity index (χ0) is 16.1. The second-order valence-electron chi connectivity index (χ2n) is 5.85. The number of aliphatic carboxylic acids is 1. The fourth-order valence-corrected chi connectivity index (χ4v) is 3.23. The lowest BCUT2D eigenvalue weighted by molar-refractivity contribution is -0.137. The van der Waals surface area contributed by atoms with Crippen molar-refractivity contribution in [1.82, 2.24) is 4.90 Å². The highest BCUT2D eigenvalue weighted by Gasteiger charge is 2.29. The molecule has 2 rings (SSSR count). The Morgan fingerprint density at radius 3 is 2.73 bits per heavy atom. The molecule has 0 spiro atoms. The van der Waals surface area contributed by atoms with Crippen LogP contribution in [0.15, 0.2) is 22.7 Å². The van der Waals surface area contributed by atoms with Crippen LogP contribution in [0.2, 0.25) is 0 Å². The molecule has 1 aromatic carbocycles. The van der Waals surface area contributed by atoms with Crippen LogP contribution in [-0.2, 0) is 9.59 Å². The van der Waals surface area contributed by atoms with Gasteiger partial charge in [0.1, 0.15) is 0 Å². The van der Waals surface area contributed by atoms with Gasteiger partial charge in [0.25, 0.3) is 0 Å². The molecular weight excluding hydrogens is 346 g/mol. The van der Waals surface area contributed by atoms with E-state index in [9.17, 15) is 9.59 Å². The maximum Gasteiger partial charge on any atom is 0.303 e. The number of carboxylic acids is 1. The maximum absolute atomic E-state index is 12.4. The Bertz CT molecular complexity index is 559. The van der Waals surface area contributed by atoms with Crippen molar-refractivity contribution in [2.45, 2.75) is 51.5 Å². The van der Waals surface area contributed by atoms with Crippen LogP contribution in [0, 0.1) is 6.92 Å². The Morgan fingerprint density at radius 2 is 2.05 bits per heavy atom. The zero-order valence-corrected chi connectivity index (χ0v) is 14.4. The van der Waals surface area contributed by atoms with Gasteiger partial charge in [-0.3, -0.25) is 9.59 Å². The number of benzene rings is 1. The fraction of sp³-hybridized carbons (Fsp3) is 0.529. The largest absolute Gasteiger partial charge is 0.481 e. The molecule has 1 aliphatic rings. The van der Waals surface area contributed by atoms with Gasteiger partial charge in [0.05, 0.1) is 6.04 Å². The van der Waals surface area contributed by atoms with Crippen LogP contribution in [0.25, 0.3) is 0 Å². The quantitative estimate of drug-likeness (QED) is 0.771. The summed E-state index contributed by atoms with van der Waals surface area (Å²) in [5.74, 6) is -0.648. The Hall–Kier alpha value is -1.36. The third-order valence-electron chi connectivity index (χ3n) is 4.17. The molecule has 1 saturated heterocycles. The molecular formula is C17H22BrNO3. The van der Waals surface area contributed by atoms with E-state index in [1.54, 1.807) is 0 Å². The van der Waals surface area contributed by atoms with Gasteiger partial charge in [-0.2, -0.15) is 0 Å². The number of rotatable bonds is 6. The first-order valence-electron chi connectivity index (χ1n) is 7.76. The lowest BCUT2D eigenvalue weighted by Gasteiger charge is -2.25. The van der Waals surface area contributed by atoms with Crippen molar-refractivity contribution in [3.63, 3.8) is 0 Å². The minimum absolute atomic E-state index is 0.141. The summed E-state index contributed by atoms with van der Waals surface area (Å²) in [6.07, 6.45) is 3.83. The van der Waals surface area contributed by atoms with Gasteiger partial charge in [-0.05, 0) is 49.8 Å². The van der Waals surface area contributed by atoms with E-state index in [2.05, 4.69) is 35.0 Å². The molecule has 0 bridgehead atoms. The number of carbonyl (C=O) groups excluding carboxylic acids is 1. The first-order valence-corrected chi connectivity index (χ1v) is 8.55. The molecule has 1 unspecified atom stereocenters. The van der Waals surface area contributed by atoms with E-state index in [0.717, 1.165) is 23.9 Å². The van der Waals surface area contributed by atoms with E-state index in [-0.39, 0.29) is 18.4 Å². The molecule has 1 atom stereocenters. The van der Waals surface area contributed by atoms with Gasteiger partial charge in [0.2, 0.25) is 5.91 Å². The third-order valence-corrected chi connectivity index (χ3v) is 5.06. The number of likely N-dealkylation sites (tertiary alicyclic amines) is 1. The Balaban J connectivity index is 1.96. The van der Waals surface area contributed by atoms with E-state index in [1.165, 1.54) is 11.1 Å². The number of aryl methyl sites for hydroxylation is 1. The minimum Gasteiger partial charge on any atom is -0.481 e. The number of amides is 1. The van der Waals surface area contributed by atoms with Gasteiger partial charge in [0.15, 0.2) is 0 Å². The monoisotopic (exact) mass is 367 g/mol. The lowest BCUT2D eigenvalue weighted by atomic mass is 10.0. The van der Waals surface area contributed by atoms with Gasteiger partial charge < -0.3 is 10.0 Å². The van der Waals surface area contributed by atoms with Crippen LogP contribution >= 0.6 is 15.9 Å².